The van der Waals surface area contributed by atoms with E-state index in [0.29, 0.717) is 18.7 Å². The predicted molar refractivity (Wildman–Crippen MR) is 84.5 cm³/mol. The Morgan fingerprint density at radius 3 is 2.58 bits per heavy atom. The van der Waals surface area contributed by atoms with Crippen molar-refractivity contribution in [3.05, 3.63) is 41.5 Å². The smallest absolute Gasteiger partial charge is 0.306 e. The first-order valence-corrected chi connectivity index (χ1v) is 8.92. The second-order valence-electron chi connectivity index (χ2n) is 4.97. The first-order valence-electron chi connectivity index (χ1n) is 7.44. The van der Waals surface area contributed by atoms with Crippen molar-refractivity contribution in [2.75, 3.05) is 7.05 Å². The van der Waals surface area contributed by atoms with Crippen LogP contribution >= 0.6 is 0 Å². The molecule has 9 heteroatoms. The van der Waals surface area contributed by atoms with E-state index in [4.69, 9.17) is 9.26 Å². The Morgan fingerprint density at radius 2 is 2.00 bits per heavy atom. The largest absolute Gasteiger partial charge is 0.456 e. The van der Waals surface area contributed by atoms with E-state index in [2.05, 4.69) is 14.9 Å². The molecule has 0 saturated heterocycles. The lowest BCUT2D eigenvalue weighted by atomic mass is 10.1. The lowest BCUT2D eigenvalue weighted by Crippen LogP contribution is -2.18. The molecule has 1 N–H and O–H groups in total. The Hall–Kier alpha value is -2.26. The van der Waals surface area contributed by atoms with Gasteiger partial charge in [0, 0.05) is 12.8 Å². The van der Waals surface area contributed by atoms with Gasteiger partial charge in [-0.1, -0.05) is 24.2 Å². The minimum Gasteiger partial charge on any atom is -0.456 e. The molecule has 0 aliphatic carbocycles. The van der Waals surface area contributed by atoms with Gasteiger partial charge < -0.3 is 9.26 Å². The summed E-state index contributed by atoms with van der Waals surface area (Å²) in [7, 11) is -2.10. The lowest BCUT2D eigenvalue weighted by Gasteiger charge is -2.05. The summed E-state index contributed by atoms with van der Waals surface area (Å²) in [5.41, 5.74) is 0.841. The first kappa shape index (κ1) is 18.1. The van der Waals surface area contributed by atoms with Crippen LogP contribution in [0.4, 0.5) is 0 Å². The summed E-state index contributed by atoms with van der Waals surface area (Å²) in [5, 5.41) is 3.71. The number of aryl methyl sites for hydroxylation is 2. The van der Waals surface area contributed by atoms with Crippen LogP contribution in [0.2, 0.25) is 0 Å². The maximum atomic E-state index is 11.7. The third kappa shape index (κ3) is 4.87. The summed E-state index contributed by atoms with van der Waals surface area (Å²) in [5.74, 6) is 0.442. The molecule has 24 heavy (non-hydrogen) atoms. The highest BCUT2D eigenvalue weighted by atomic mass is 32.2. The maximum Gasteiger partial charge on any atom is 0.306 e. The van der Waals surface area contributed by atoms with Crippen LogP contribution < -0.4 is 4.72 Å². The van der Waals surface area contributed by atoms with E-state index in [1.807, 2.05) is 6.92 Å². The van der Waals surface area contributed by atoms with E-state index >= 15 is 0 Å². The van der Waals surface area contributed by atoms with Crippen molar-refractivity contribution in [1.82, 2.24) is 14.9 Å². The number of carbonyl (C=O) groups excluding carboxylic acids is 1. The standard InChI is InChI=1S/C15H19N3O5S/c1-3-13-17-14(23-18-13)10-22-15(19)9-6-11-4-7-12(8-5-11)24(20,21)16-2/h4-5,7-8,16H,3,6,9-10H2,1-2H3. The number of hydrogen-bond acceptors (Lipinski definition) is 7. The number of nitrogens with zero attached hydrogens (tertiary/aromatic N) is 2. The normalized spacial score (nSPS) is 11.4. The molecule has 0 amide bonds. The van der Waals surface area contributed by atoms with Gasteiger partial charge in [0.15, 0.2) is 12.4 Å². The van der Waals surface area contributed by atoms with Crippen molar-refractivity contribution in [1.29, 1.82) is 0 Å². The Bertz CT molecular complexity index is 784. The zero-order valence-corrected chi connectivity index (χ0v) is 14.3. The van der Waals surface area contributed by atoms with Crippen molar-refractivity contribution in [3.8, 4) is 0 Å². The van der Waals surface area contributed by atoms with Gasteiger partial charge in [0.1, 0.15) is 0 Å². The van der Waals surface area contributed by atoms with Gasteiger partial charge in [-0.25, -0.2) is 13.1 Å². The monoisotopic (exact) mass is 353 g/mol. The molecule has 0 aliphatic rings. The fourth-order valence-electron chi connectivity index (χ4n) is 1.91. The molecule has 0 spiro atoms. The Kier molecular flexibility index (Phi) is 6.04. The van der Waals surface area contributed by atoms with Crippen LogP contribution in [0, 0.1) is 0 Å². The van der Waals surface area contributed by atoms with Gasteiger partial charge in [0.05, 0.1) is 4.90 Å². The van der Waals surface area contributed by atoms with E-state index in [0.717, 1.165) is 5.56 Å². The average molecular weight is 353 g/mol. The number of benzene rings is 1. The van der Waals surface area contributed by atoms with Gasteiger partial charge in [-0.15, -0.1) is 0 Å². The molecule has 130 valence electrons. The fraction of sp³-hybridized carbons (Fsp3) is 0.400. The number of rotatable bonds is 8. The molecule has 1 aromatic carbocycles. The summed E-state index contributed by atoms with van der Waals surface area (Å²) in [6.07, 6.45) is 1.27. The topological polar surface area (TPSA) is 111 Å². The van der Waals surface area contributed by atoms with Crippen LogP contribution in [0.5, 0.6) is 0 Å². The Morgan fingerprint density at radius 1 is 1.29 bits per heavy atom. The van der Waals surface area contributed by atoms with Crippen molar-refractivity contribution >= 4 is 16.0 Å². The van der Waals surface area contributed by atoms with Gasteiger partial charge in [-0.3, -0.25) is 4.79 Å². The number of carbonyl (C=O) groups is 1. The molecule has 0 saturated carbocycles. The zero-order valence-electron chi connectivity index (χ0n) is 13.5. The van der Waals surface area contributed by atoms with Crippen LogP contribution in [0.25, 0.3) is 0 Å². The minimum absolute atomic E-state index is 0.0504. The zero-order chi connectivity index (χ0) is 17.6. The van der Waals surface area contributed by atoms with Gasteiger partial charge in [0.25, 0.3) is 5.89 Å². The van der Waals surface area contributed by atoms with Crippen LogP contribution in [0.1, 0.15) is 30.6 Å². The molecule has 0 aliphatic heterocycles. The predicted octanol–water partition coefficient (Wildman–Crippen LogP) is 1.22. The Labute approximate surface area is 140 Å². The van der Waals surface area contributed by atoms with Gasteiger partial charge in [-0.05, 0) is 31.2 Å². The molecule has 2 rings (SSSR count). The fourth-order valence-corrected chi connectivity index (χ4v) is 2.64. The average Bonchev–Trinajstić information content (AvgIpc) is 3.06. The second-order valence-corrected chi connectivity index (χ2v) is 6.86. The molecule has 0 bridgehead atoms. The molecular formula is C15H19N3O5S. The van der Waals surface area contributed by atoms with E-state index in [9.17, 15) is 13.2 Å². The number of aromatic nitrogens is 2. The van der Waals surface area contributed by atoms with Gasteiger partial charge >= 0.3 is 5.97 Å². The molecule has 0 radical (unpaired) electrons. The van der Waals surface area contributed by atoms with Crippen LogP contribution in [0.3, 0.4) is 0 Å². The molecule has 0 atom stereocenters. The van der Waals surface area contributed by atoms with Crippen molar-refractivity contribution < 1.29 is 22.5 Å². The van der Waals surface area contributed by atoms with Crippen molar-refractivity contribution in [2.45, 2.75) is 37.7 Å². The summed E-state index contributed by atoms with van der Waals surface area (Å²) >= 11 is 0. The second kappa shape index (κ2) is 8.02. The molecule has 1 heterocycles. The summed E-state index contributed by atoms with van der Waals surface area (Å²) < 4.78 is 35.5. The van der Waals surface area contributed by atoms with Crippen LogP contribution in [-0.4, -0.2) is 31.6 Å². The highest BCUT2D eigenvalue weighted by Crippen LogP contribution is 2.12. The third-order valence-electron chi connectivity index (χ3n) is 3.30. The molecule has 0 fully saturated rings. The van der Waals surface area contributed by atoms with Crippen LogP contribution in [0.15, 0.2) is 33.7 Å². The van der Waals surface area contributed by atoms with E-state index in [1.165, 1.54) is 19.2 Å². The third-order valence-corrected chi connectivity index (χ3v) is 4.73. The number of sulfonamides is 1. The van der Waals surface area contributed by atoms with Crippen LogP contribution in [-0.2, 0) is 39.0 Å². The lowest BCUT2D eigenvalue weighted by molar-refractivity contribution is -0.145. The first-order chi connectivity index (χ1) is 11.4. The van der Waals surface area contributed by atoms with E-state index in [1.54, 1.807) is 12.1 Å². The molecular weight excluding hydrogens is 334 g/mol. The number of hydrogen-bond donors (Lipinski definition) is 1. The van der Waals surface area contributed by atoms with E-state index in [-0.39, 0.29) is 23.8 Å². The summed E-state index contributed by atoms with van der Waals surface area (Å²) in [6, 6.07) is 6.33. The number of nitrogens with one attached hydrogen (secondary N) is 1. The van der Waals surface area contributed by atoms with Gasteiger partial charge in [-0.2, -0.15) is 4.98 Å². The SMILES string of the molecule is CCc1noc(COC(=O)CCc2ccc(S(=O)(=O)NC)cc2)n1. The highest BCUT2D eigenvalue weighted by Gasteiger charge is 2.12. The highest BCUT2D eigenvalue weighted by molar-refractivity contribution is 7.89. The van der Waals surface area contributed by atoms with Crippen molar-refractivity contribution in [2.24, 2.45) is 0 Å². The minimum atomic E-state index is -3.45. The maximum absolute atomic E-state index is 11.7. The summed E-state index contributed by atoms with van der Waals surface area (Å²) in [4.78, 5) is 15.9. The van der Waals surface area contributed by atoms with Gasteiger partial charge in [0.2, 0.25) is 10.0 Å². The van der Waals surface area contributed by atoms with Crippen molar-refractivity contribution in [3.63, 3.8) is 0 Å². The number of esters is 1. The molecule has 8 nitrogen and oxygen atoms in total. The molecule has 2 aromatic rings. The molecule has 0 unspecified atom stereocenters. The van der Waals surface area contributed by atoms with E-state index < -0.39 is 16.0 Å². The number of ether oxygens (including phenoxy) is 1. The quantitative estimate of drug-likeness (QED) is 0.710. The molecule has 1 aromatic heterocycles. The summed E-state index contributed by atoms with van der Waals surface area (Å²) in [6.45, 7) is 1.85. The Balaban J connectivity index is 1.81.